The van der Waals surface area contributed by atoms with Crippen LogP contribution >= 0.6 is 7.82 Å². The number of hydrogen-bond acceptors (Lipinski definition) is 7. The van der Waals surface area contributed by atoms with Crippen molar-refractivity contribution in [1.29, 1.82) is 0 Å². The molecule has 1 aromatic heterocycles. The van der Waals surface area contributed by atoms with Crippen LogP contribution in [0.2, 0.25) is 0 Å². The molecule has 5 N–H and O–H groups in total. The number of nitrogens with one attached hydrogen (secondary N) is 1. The molecule has 0 spiro atoms. The quantitative estimate of drug-likeness (QED) is 0.380. The molecule has 0 aliphatic rings. The molecule has 1 atom stereocenters. The van der Waals surface area contributed by atoms with E-state index in [1.54, 1.807) is 0 Å². The molecule has 0 saturated carbocycles. The van der Waals surface area contributed by atoms with E-state index in [0.29, 0.717) is 5.69 Å². The minimum atomic E-state index is -4.69. The molecule has 1 aromatic rings. The van der Waals surface area contributed by atoms with Gasteiger partial charge in [0.15, 0.2) is 0 Å². The smallest absolute Gasteiger partial charge is 0.469 e. The molecule has 130 valence electrons. The van der Waals surface area contributed by atoms with Gasteiger partial charge in [0.2, 0.25) is 0 Å². The molecule has 0 aromatic carbocycles. The van der Waals surface area contributed by atoms with E-state index in [0.717, 1.165) is 0 Å². The number of aliphatic carboxylic acids is 1. The zero-order valence-corrected chi connectivity index (χ0v) is 13.5. The first-order chi connectivity index (χ1) is 10.7. The van der Waals surface area contributed by atoms with Gasteiger partial charge in [0.25, 0.3) is 0 Å². The molecular formula is C12H19N2O8P. The Hall–Kier alpha value is -1.55. The Kier molecular flexibility index (Phi) is 7.07. The lowest BCUT2D eigenvalue weighted by atomic mass is 10.1. The number of ether oxygens (including phenoxy) is 1. The predicted molar refractivity (Wildman–Crippen MR) is 77.6 cm³/mol. The third-order valence-electron chi connectivity index (χ3n) is 2.98. The fourth-order valence-electron chi connectivity index (χ4n) is 1.77. The molecule has 0 aliphatic carbocycles. The van der Waals surface area contributed by atoms with Crippen molar-refractivity contribution in [3.05, 3.63) is 23.0 Å². The zero-order chi connectivity index (χ0) is 17.6. The number of pyridine rings is 1. The van der Waals surface area contributed by atoms with Crippen LogP contribution in [0.5, 0.6) is 5.75 Å². The lowest BCUT2D eigenvalue weighted by molar-refractivity contribution is -0.140. The topological polar surface area (TPSA) is 158 Å². The maximum atomic E-state index is 11.1. The summed E-state index contributed by atoms with van der Waals surface area (Å²) in [6, 6.07) is -1.01. The number of phosphoric acid groups is 1. The number of aryl methyl sites for hydroxylation is 1. The van der Waals surface area contributed by atoms with E-state index in [9.17, 15) is 14.5 Å². The van der Waals surface area contributed by atoms with Gasteiger partial charge in [-0.25, -0.2) is 4.57 Å². The van der Waals surface area contributed by atoms with Crippen molar-refractivity contribution in [2.45, 2.75) is 26.1 Å². The van der Waals surface area contributed by atoms with Gasteiger partial charge in [0.05, 0.1) is 18.9 Å². The first kappa shape index (κ1) is 19.5. The molecule has 0 radical (unpaired) electrons. The molecule has 10 nitrogen and oxygen atoms in total. The van der Waals surface area contributed by atoms with Crippen LogP contribution in [-0.4, -0.2) is 50.7 Å². The van der Waals surface area contributed by atoms with Crippen LogP contribution in [0.4, 0.5) is 0 Å². The normalized spacial score (nSPS) is 13.0. The van der Waals surface area contributed by atoms with E-state index in [1.165, 1.54) is 20.2 Å². The van der Waals surface area contributed by atoms with Crippen molar-refractivity contribution in [3.8, 4) is 5.75 Å². The van der Waals surface area contributed by atoms with Crippen molar-refractivity contribution >= 4 is 13.8 Å². The Bertz CT molecular complexity index is 603. The van der Waals surface area contributed by atoms with Gasteiger partial charge in [-0.1, -0.05) is 0 Å². The third kappa shape index (κ3) is 6.22. The highest BCUT2D eigenvalue weighted by molar-refractivity contribution is 7.46. The second-order valence-electron chi connectivity index (χ2n) is 4.69. The summed E-state index contributed by atoms with van der Waals surface area (Å²) < 4.78 is 20.0. The molecule has 23 heavy (non-hydrogen) atoms. The Morgan fingerprint density at radius 1 is 1.48 bits per heavy atom. The van der Waals surface area contributed by atoms with Crippen molar-refractivity contribution in [2.75, 3.05) is 13.7 Å². The number of aromatic nitrogens is 1. The molecule has 0 unspecified atom stereocenters. The Morgan fingerprint density at radius 3 is 2.65 bits per heavy atom. The van der Waals surface area contributed by atoms with Gasteiger partial charge in [-0.3, -0.25) is 19.6 Å². The monoisotopic (exact) mass is 350 g/mol. The number of phosphoric ester groups is 1. The summed E-state index contributed by atoms with van der Waals surface area (Å²) >= 11 is 0. The van der Waals surface area contributed by atoms with E-state index < -0.39 is 26.4 Å². The molecular weight excluding hydrogens is 331 g/mol. The second kappa shape index (κ2) is 8.34. The van der Waals surface area contributed by atoms with Gasteiger partial charge >= 0.3 is 13.8 Å². The number of carbonyl (C=O) groups is 1. The molecule has 0 aliphatic heterocycles. The van der Waals surface area contributed by atoms with E-state index in [1.807, 2.05) is 0 Å². The minimum absolute atomic E-state index is 0.0740. The number of aromatic hydroxyl groups is 1. The molecule has 0 fully saturated rings. The Morgan fingerprint density at radius 2 is 2.13 bits per heavy atom. The zero-order valence-electron chi connectivity index (χ0n) is 12.6. The molecule has 1 rings (SSSR count). The van der Waals surface area contributed by atoms with Crippen molar-refractivity contribution in [2.24, 2.45) is 0 Å². The fourth-order valence-corrected chi connectivity index (χ4v) is 2.08. The highest BCUT2D eigenvalue weighted by atomic mass is 31.2. The molecule has 0 bridgehead atoms. The summed E-state index contributed by atoms with van der Waals surface area (Å²) in [4.78, 5) is 32.4. The lowest BCUT2D eigenvalue weighted by Gasteiger charge is -2.17. The summed E-state index contributed by atoms with van der Waals surface area (Å²) in [6.45, 7) is 0.893. The Labute approximate surface area is 132 Å². The average molecular weight is 350 g/mol. The molecule has 1 heterocycles. The summed E-state index contributed by atoms with van der Waals surface area (Å²) in [6.07, 6.45) is 1.30. The third-order valence-corrected chi connectivity index (χ3v) is 3.44. The van der Waals surface area contributed by atoms with Crippen LogP contribution in [0.15, 0.2) is 6.20 Å². The number of carboxylic acid groups (broad SMARTS) is 1. The SMILES string of the molecule is COC[C@H](NCc1c(COP(=O)(O)O)cnc(C)c1O)C(=O)O. The van der Waals surface area contributed by atoms with Gasteiger partial charge in [0, 0.05) is 31.0 Å². The van der Waals surface area contributed by atoms with Crippen LogP contribution in [0, 0.1) is 6.92 Å². The lowest BCUT2D eigenvalue weighted by Crippen LogP contribution is -2.40. The number of carboxylic acids is 1. The van der Waals surface area contributed by atoms with Crippen molar-refractivity contribution < 1.29 is 38.6 Å². The highest BCUT2D eigenvalue weighted by Crippen LogP contribution is 2.38. The molecule has 0 saturated heterocycles. The first-order valence-corrected chi connectivity index (χ1v) is 8.00. The van der Waals surface area contributed by atoms with Crippen LogP contribution < -0.4 is 5.32 Å². The number of hydrogen-bond donors (Lipinski definition) is 5. The van der Waals surface area contributed by atoms with E-state index in [4.69, 9.17) is 19.6 Å². The summed E-state index contributed by atoms with van der Waals surface area (Å²) in [5.74, 6) is -1.34. The summed E-state index contributed by atoms with van der Waals surface area (Å²) in [5.41, 5.74) is 0.763. The van der Waals surface area contributed by atoms with Gasteiger partial charge in [-0.05, 0) is 6.92 Å². The maximum Gasteiger partial charge on any atom is 0.469 e. The van der Waals surface area contributed by atoms with Gasteiger partial charge in [-0.2, -0.15) is 0 Å². The summed E-state index contributed by atoms with van der Waals surface area (Å²) in [5, 5.41) is 21.8. The molecule has 11 heteroatoms. The van der Waals surface area contributed by atoms with Crippen LogP contribution in [0.25, 0.3) is 0 Å². The first-order valence-electron chi connectivity index (χ1n) is 6.47. The predicted octanol–water partition coefficient (Wildman–Crippen LogP) is -0.106. The number of methoxy groups -OCH3 is 1. The fraction of sp³-hybridized carbons (Fsp3) is 0.500. The van der Waals surface area contributed by atoms with E-state index in [2.05, 4.69) is 14.8 Å². The average Bonchev–Trinajstić information content (AvgIpc) is 2.45. The van der Waals surface area contributed by atoms with Gasteiger partial charge in [0.1, 0.15) is 11.8 Å². The standard InChI is InChI=1S/C12H19N2O8P/c1-7-11(15)9(4-14-10(6-21-2)12(16)17)8(3-13-7)5-22-23(18,19)20/h3,10,14-15H,4-6H2,1-2H3,(H,16,17)(H2,18,19,20)/t10-/m0/s1. The van der Waals surface area contributed by atoms with Gasteiger partial charge < -0.3 is 24.7 Å². The molecule has 0 amide bonds. The van der Waals surface area contributed by atoms with E-state index >= 15 is 0 Å². The van der Waals surface area contributed by atoms with Gasteiger partial charge in [-0.15, -0.1) is 0 Å². The van der Waals surface area contributed by atoms with Crippen molar-refractivity contribution in [3.63, 3.8) is 0 Å². The summed E-state index contributed by atoms with van der Waals surface area (Å²) in [7, 11) is -3.33. The van der Waals surface area contributed by atoms with Crippen LogP contribution in [0.3, 0.4) is 0 Å². The highest BCUT2D eigenvalue weighted by Gasteiger charge is 2.21. The van der Waals surface area contributed by atoms with Crippen molar-refractivity contribution in [1.82, 2.24) is 10.3 Å². The minimum Gasteiger partial charge on any atom is -0.506 e. The number of rotatable bonds is 9. The maximum absolute atomic E-state index is 11.1. The second-order valence-corrected chi connectivity index (χ2v) is 5.93. The Balaban J connectivity index is 2.96. The van der Waals surface area contributed by atoms with Crippen LogP contribution in [0.1, 0.15) is 16.8 Å². The number of nitrogens with zero attached hydrogens (tertiary/aromatic N) is 1. The largest absolute Gasteiger partial charge is 0.506 e. The van der Waals surface area contributed by atoms with E-state index in [-0.39, 0.29) is 30.0 Å². The van der Waals surface area contributed by atoms with Crippen LogP contribution in [-0.2, 0) is 31.8 Å².